The second-order valence-corrected chi connectivity index (χ2v) is 8.19. The van der Waals surface area contributed by atoms with Gasteiger partial charge in [-0.05, 0) is 17.9 Å². The maximum absolute atomic E-state index is 14.8. The Balaban J connectivity index is 2.12. The molecule has 2 rings (SSSR count). The lowest BCUT2D eigenvalue weighted by atomic mass is 9.92. The minimum absolute atomic E-state index is 0.0000160. The van der Waals surface area contributed by atoms with Crippen LogP contribution in [0, 0.1) is 5.92 Å². The fourth-order valence-electron chi connectivity index (χ4n) is 3.13. The topological polar surface area (TPSA) is 32.8 Å². The van der Waals surface area contributed by atoms with Crippen LogP contribution in [0.5, 0.6) is 0 Å². The molecule has 0 aromatic carbocycles. The van der Waals surface area contributed by atoms with E-state index in [9.17, 15) is 8.60 Å². The Labute approximate surface area is 147 Å². The van der Waals surface area contributed by atoms with Crippen molar-refractivity contribution in [3.05, 3.63) is 35.8 Å². The number of halogens is 1. The summed E-state index contributed by atoms with van der Waals surface area (Å²) in [4.78, 5) is 2.75. The van der Waals surface area contributed by atoms with E-state index in [4.69, 9.17) is 4.74 Å². The number of likely N-dealkylation sites (tertiary alicyclic amines) is 1. The summed E-state index contributed by atoms with van der Waals surface area (Å²) in [5, 5.41) is 0. The quantitative estimate of drug-likeness (QED) is 0.658. The van der Waals surface area contributed by atoms with Crippen LogP contribution in [0.3, 0.4) is 0 Å². The second-order valence-electron chi connectivity index (χ2n) is 6.74. The molecular weight excluding hydrogens is 327 g/mol. The van der Waals surface area contributed by atoms with Gasteiger partial charge in [-0.2, -0.15) is 0 Å². The van der Waals surface area contributed by atoms with Gasteiger partial charge in [0, 0.05) is 32.7 Å². The van der Waals surface area contributed by atoms with Crippen molar-refractivity contribution >= 4 is 11.0 Å². The SMILES string of the molecule is C=C/C(CN1CCC(F)(C(C)C)C1)=C(\C=C)S(=O)N1CCOCC1. The molecule has 2 fully saturated rings. The molecule has 0 amide bonds. The molecule has 0 aromatic heterocycles. The third kappa shape index (κ3) is 4.42. The molecule has 6 heteroatoms. The molecule has 2 atom stereocenters. The molecule has 2 aliphatic heterocycles. The van der Waals surface area contributed by atoms with Gasteiger partial charge in [0.15, 0.2) is 0 Å². The zero-order valence-electron chi connectivity index (χ0n) is 14.8. The standard InChI is InChI=1S/C18H29FN2O2S/c1-5-16(13-20-8-7-18(19,14-20)15(3)4)17(6-2)24(22)21-9-11-23-12-10-21/h5-6,15H,1-2,7-14H2,3-4H3/b17-16-. The first kappa shape index (κ1) is 19.5. The van der Waals surface area contributed by atoms with Crippen LogP contribution >= 0.6 is 0 Å². The molecule has 0 bridgehead atoms. The number of nitrogens with zero attached hydrogens (tertiary/aromatic N) is 2. The number of ether oxygens (including phenoxy) is 1. The molecule has 0 aliphatic carbocycles. The van der Waals surface area contributed by atoms with Gasteiger partial charge in [-0.25, -0.2) is 12.9 Å². The highest BCUT2D eigenvalue weighted by molar-refractivity contribution is 7.87. The predicted octanol–water partition coefficient (Wildman–Crippen LogP) is 2.68. The Kier molecular flexibility index (Phi) is 6.92. The lowest BCUT2D eigenvalue weighted by Gasteiger charge is -2.27. The van der Waals surface area contributed by atoms with Crippen molar-refractivity contribution in [3.8, 4) is 0 Å². The lowest BCUT2D eigenvalue weighted by molar-refractivity contribution is 0.0755. The smallest absolute Gasteiger partial charge is 0.128 e. The van der Waals surface area contributed by atoms with Gasteiger partial charge < -0.3 is 4.74 Å². The highest BCUT2D eigenvalue weighted by atomic mass is 32.2. The summed E-state index contributed by atoms with van der Waals surface area (Å²) in [5.41, 5.74) is -0.271. The third-order valence-corrected chi connectivity index (χ3v) is 6.54. The van der Waals surface area contributed by atoms with Crippen molar-refractivity contribution < 1.29 is 13.3 Å². The van der Waals surface area contributed by atoms with Gasteiger partial charge >= 0.3 is 0 Å². The highest BCUT2D eigenvalue weighted by Gasteiger charge is 2.41. The van der Waals surface area contributed by atoms with E-state index < -0.39 is 16.7 Å². The minimum atomic E-state index is -1.28. The number of hydrogen-bond acceptors (Lipinski definition) is 3. The van der Waals surface area contributed by atoms with Crippen LogP contribution in [0.15, 0.2) is 35.8 Å². The third-order valence-electron chi connectivity index (χ3n) is 4.90. The summed E-state index contributed by atoms with van der Waals surface area (Å²) in [7, 11) is -1.28. The number of rotatable bonds is 7. The van der Waals surface area contributed by atoms with E-state index in [-0.39, 0.29) is 5.92 Å². The van der Waals surface area contributed by atoms with Crippen molar-refractivity contribution in [2.24, 2.45) is 5.92 Å². The van der Waals surface area contributed by atoms with Gasteiger partial charge in [0.2, 0.25) is 0 Å². The van der Waals surface area contributed by atoms with Crippen molar-refractivity contribution in [2.45, 2.75) is 25.9 Å². The summed E-state index contributed by atoms with van der Waals surface area (Å²) in [5.74, 6) is 0.0000160. The zero-order valence-corrected chi connectivity index (χ0v) is 15.6. The second kappa shape index (κ2) is 8.52. The summed E-state index contributed by atoms with van der Waals surface area (Å²) in [6.45, 7) is 15.7. The van der Waals surface area contributed by atoms with Gasteiger partial charge in [-0.3, -0.25) is 4.90 Å². The average molecular weight is 357 g/mol. The maximum Gasteiger partial charge on any atom is 0.128 e. The molecule has 136 valence electrons. The molecule has 2 aliphatic rings. The molecule has 0 spiro atoms. The molecule has 4 nitrogen and oxygen atoms in total. The van der Waals surface area contributed by atoms with E-state index in [0.717, 1.165) is 5.57 Å². The first-order valence-electron chi connectivity index (χ1n) is 8.55. The Bertz CT molecular complexity index is 529. The first-order valence-corrected chi connectivity index (χ1v) is 9.66. The van der Waals surface area contributed by atoms with Crippen molar-refractivity contribution in [2.75, 3.05) is 45.9 Å². The molecule has 2 unspecified atom stereocenters. The molecule has 2 saturated heterocycles. The summed E-state index contributed by atoms with van der Waals surface area (Å²) >= 11 is 0. The van der Waals surface area contributed by atoms with Gasteiger partial charge in [0.25, 0.3) is 0 Å². The lowest BCUT2D eigenvalue weighted by Crippen LogP contribution is -2.38. The Morgan fingerprint density at radius 1 is 1.29 bits per heavy atom. The largest absolute Gasteiger partial charge is 0.379 e. The van der Waals surface area contributed by atoms with E-state index in [0.29, 0.717) is 57.3 Å². The van der Waals surface area contributed by atoms with E-state index in [2.05, 4.69) is 18.1 Å². The van der Waals surface area contributed by atoms with Crippen molar-refractivity contribution in [3.63, 3.8) is 0 Å². The number of hydrogen-bond donors (Lipinski definition) is 0. The number of morpholine rings is 1. The van der Waals surface area contributed by atoms with E-state index in [1.54, 1.807) is 12.2 Å². The summed E-state index contributed by atoms with van der Waals surface area (Å²) in [6.07, 6.45) is 3.91. The van der Waals surface area contributed by atoms with E-state index >= 15 is 0 Å². The van der Waals surface area contributed by atoms with Crippen LogP contribution in [0.4, 0.5) is 4.39 Å². The first-order chi connectivity index (χ1) is 11.4. The van der Waals surface area contributed by atoms with Crippen LogP contribution in [0.2, 0.25) is 0 Å². The van der Waals surface area contributed by atoms with Crippen LogP contribution in [-0.4, -0.2) is 65.0 Å². The predicted molar refractivity (Wildman–Crippen MR) is 97.7 cm³/mol. The summed E-state index contributed by atoms with van der Waals surface area (Å²) in [6, 6.07) is 0. The number of allylic oxidation sites excluding steroid dienone is 1. The molecule has 0 aromatic rings. The summed E-state index contributed by atoms with van der Waals surface area (Å²) < 4.78 is 34.8. The molecular formula is C18H29FN2O2S. The monoisotopic (exact) mass is 356 g/mol. The van der Waals surface area contributed by atoms with Crippen LogP contribution in [0.1, 0.15) is 20.3 Å². The fraction of sp³-hybridized carbons (Fsp3) is 0.667. The van der Waals surface area contributed by atoms with E-state index in [1.807, 2.05) is 18.2 Å². The van der Waals surface area contributed by atoms with Gasteiger partial charge in [0.1, 0.15) is 16.7 Å². The molecule has 0 radical (unpaired) electrons. The van der Waals surface area contributed by atoms with Crippen LogP contribution < -0.4 is 0 Å². The Morgan fingerprint density at radius 3 is 2.46 bits per heavy atom. The molecule has 2 heterocycles. The van der Waals surface area contributed by atoms with Crippen LogP contribution in [0.25, 0.3) is 0 Å². The number of alkyl halides is 1. The Hall–Kier alpha value is -0.820. The fourth-order valence-corrected chi connectivity index (χ4v) is 4.40. The Morgan fingerprint density at radius 2 is 1.96 bits per heavy atom. The molecule has 0 N–H and O–H groups in total. The highest BCUT2D eigenvalue weighted by Crippen LogP contribution is 2.33. The van der Waals surface area contributed by atoms with Crippen molar-refractivity contribution in [1.82, 2.24) is 9.21 Å². The van der Waals surface area contributed by atoms with Gasteiger partial charge in [-0.1, -0.05) is 39.2 Å². The normalized spacial score (nSPS) is 28.7. The zero-order chi connectivity index (χ0) is 17.7. The van der Waals surface area contributed by atoms with Crippen LogP contribution in [-0.2, 0) is 15.7 Å². The van der Waals surface area contributed by atoms with Crippen molar-refractivity contribution in [1.29, 1.82) is 0 Å². The molecule has 0 saturated carbocycles. The average Bonchev–Trinajstić information content (AvgIpc) is 2.97. The van der Waals surface area contributed by atoms with Gasteiger partial charge in [-0.15, -0.1) is 0 Å². The van der Waals surface area contributed by atoms with Gasteiger partial charge in [0.05, 0.1) is 18.1 Å². The van der Waals surface area contributed by atoms with E-state index in [1.165, 1.54) is 0 Å². The molecule has 24 heavy (non-hydrogen) atoms. The maximum atomic E-state index is 14.8. The minimum Gasteiger partial charge on any atom is -0.379 e.